The molecule has 2 N–H and O–H groups in total. The van der Waals surface area contributed by atoms with Crippen LogP contribution in [-0.4, -0.2) is 80.1 Å². The lowest BCUT2D eigenvalue weighted by Gasteiger charge is -2.38. The number of nitrogens with one attached hydrogen (secondary N) is 1. The summed E-state index contributed by atoms with van der Waals surface area (Å²) in [7, 11) is 1.71. The van der Waals surface area contributed by atoms with Gasteiger partial charge in [0, 0.05) is 38.8 Å². The number of carbonyl (C=O) groups is 1. The minimum Gasteiger partial charge on any atom is -0.495 e. The van der Waals surface area contributed by atoms with Gasteiger partial charge in [-0.1, -0.05) is 12.1 Å². The molecular formula is C22H35N3O4. The van der Waals surface area contributed by atoms with Crippen molar-refractivity contribution < 1.29 is 19.4 Å². The van der Waals surface area contributed by atoms with E-state index in [1.165, 1.54) is 0 Å². The number of carbonyl (C=O) groups excluding carboxylic acids is 1. The molecule has 0 saturated carbocycles. The molecule has 2 fully saturated rings. The van der Waals surface area contributed by atoms with E-state index in [-0.39, 0.29) is 18.1 Å². The number of aliphatic hydroxyl groups excluding tert-OH is 1. The van der Waals surface area contributed by atoms with Crippen LogP contribution in [-0.2, 0) is 9.53 Å². The molecule has 0 aliphatic carbocycles. The molecule has 1 amide bonds. The van der Waals surface area contributed by atoms with Gasteiger partial charge >= 0.3 is 0 Å². The number of rotatable bonds is 7. The average Bonchev–Trinajstić information content (AvgIpc) is 2.73. The lowest BCUT2D eigenvalue weighted by atomic mass is 9.98. The maximum atomic E-state index is 12.3. The topological polar surface area (TPSA) is 74.3 Å². The Kier molecular flexibility index (Phi) is 7.75. The van der Waals surface area contributed by atoms with Crippen LogP contribution in [0.2, 0.25) is 0 Å². The first-order chi connectivity index (χ1) is 14.0. The van der Waals surface area contributed by atoms with Crippen LogP contribution in [0.15, 0.2) is 24.3 Å². The Bertz CT molecular complexity index is 661. The van der Waals surface area contributed by atoms with Crippen molar-refractivity contribution in [3.8, 4) is 5.75 Å². The maximum Gasteiger partial charge on any atom is 0.252 e. The number of anilines is 1. The summed E-state index contributed by atoms with van der Waals surface area (Å²) >= 11 is 0. The second kappa shape index (κ2) is 10.3. The number of nitrogens with zero attached hydrogens (tertiary/aromatic N) is 2. The highest BCUT2D eigenvalue weighted by molar-refractivity contribution is 5.81. The highest BCUT2D eigenvalue weighted by Gasteiger charge is 2.35. The number of hydrogen-bond acceptors (Lipinski definition) is 6. The molecule has 0 radical (unpaired) electrons. The Morgan fingerprint density at radius 2 is 1.97 bits per heavy atom. The number of benzene rings is 1. The monoisotopic (exact) mass is 405 g/mol. The third kappa shape index (κ3) is 5.84. The molecule has 0 unspecified atom stereocenters. The number of para-hydroxylation sites is 2. The van der Waals surface area contributed by atoms with Crippen molar-refractivity contribution in [2.75, 3.05) is 44.7 Å². The van der Waals surface area contributed by atoms with Gasteiger partial charge in [-0.2, -0.15) is 0 Å². The molecule has 7 nitrogen and oxygen atoms in total. The quantitative estimate of drug-likeness (QED) is 0.719. The van der Waals surface area contributed by atoms with E-state index >= 15 is 0 Å². The van der Waals surface area contributed by atoms with Crippen molar-refractivity contribution in [2.24, 2.45) is 0 Å². The zero-order valence-corrected chi connectivity index (χ0v) is 17.8. The van der Waals surface area contributed by atoms with Gasteiger partial charge in [0.05, 0.1) is 25.0 Å². The van der Waals surface area contributed by atoms with Crippen LogP contribution in [0.25, 0.3) is 0 Å². The molecule has 2 aliphatic rings. The lowest BCUT2D eigenvalue weighted by Crippen LogP contribution is -2.51. The Morgan fingerprint density at radius 3 is 2.66 bits per heavy atom. The third-order valence-corrected chi connectivity index (χ3v) is 5.73. The van der Waals surface area contributed by atoms with Gasteiger partial charge in [0.1, 0.15) is 5.75 Å². The van der Waals surface area contributed by atoms with Crippen LogP contribution in [0.3, 0.4) is 0 Å². The summed E-state index contributed by atoms with van der Waals surface area (Å²) in [5.41, 5.74) is 1.15. The largest absolute Gasteiger partial charge is 0.495 e. The zero-order valence-electron chi connectivity index (χ0n) is 17.8. The fraction of sp³-hybridized carbons (Fsp3) is 0.682. The number of piperazine rings is 1. The van der Waals surface area contributed by atoms with Crippen molar-refractivity contribution >= 4 is 11.6 Å². The van der Waals surface area contributed by atoms with E-state index in [4.69, 9.17) is 9.47 Å². The number of hydrogen-bond donors (Lipinski definition) is 2. The van der Waals surface area contributed by atoms with Gasteiger partial charge in [0.2, 0.25) is 0 Å². The maximum absolute atomic E-state index is 12.3. The first-order valence-electron chi connectivity index (χ1n) is 10.7. The number of ether oxygens (including phenoxy) is 2. The Hall–Kier alpha value is -1.83. The van der Waals surface area contributed by atoms with Crippen LogP contribution in [0.5, 0.6) is 5.75 Å². The normalized spacial score (nSPS) is 25.8. The number of amides is 1. The minimum atomic E-state index is -0.751. The van der Waals surface area contributed by atoms with Gasteiger partial charge in [-0.25, -0.2) is 0 Å². The second-order valence-electron chi connectivity index (χ2n) is 8.28. The van der Waals surface area contributed by atoms with Crippen molar-refractivity contribution in [3.63, 3.8) is 0 Å². The summed E-state index contributed by atoms with van der Waals surface area (Å²) in [6, 6.07) is 8.19. The molecule has 162 valence electrons. The highest BCUT2D eigenvalue weighted by Crippen LogP contribution is 2.28. The standard InChI is InChI=1S/C22H35N3O4/c1-16(2)23-22(27)21-19(26)9-8-17(29-21)10-11-24-12-14-25(15-13-24)18-6-4-5-7-20(18)28-3/h4-7,16-17,19,21,26H,8-15H2,1-3H3,(H,23,27)/t17-,19-,21-/m0/s1. The van der Waals surface area contributed by atoms with Crippen LogP contribution in [0.4, 0.5) is 5.69 Å². The lowest BCUT2D eigenvalue weighted by molar-refractivity contribution is -0.159. The predicted octanol–water partition coefficient (Wildman–Crippen LogP) is 1.64. The Morgan fingerprint density at radius 1 is 1.24 bits per heavy atom. The predicted molar refractivity (Wildman–Crippen MR) is 113 cm³/mol. The molecule has 3 rings (SSSR count). The minimum absolute atomic E-state index is 0.0218. The fourth-order valence-corrected chi connectivity index (χ4v) is 4.12. The van der Waals surface area contributed by atoms with E-state index in [0.717, 1.165) is 57.0 Å². The first kappa shape index (κ1) is 21.9. The van der Waals surface area contributed by atoms with Crippen LogP contribution in [0, 0.1) is 0 Å². The average molecular weight is 406 g/mol. The first-order valence-corrected chi connectivity index (χ1v) is 10.7. The molecule has 2 saturated heterocycles. The van der Waals surface area contributed by atoms with Gasteiger partial charge in [-0.05, 0) is 45.2 Å². The van der Waals surface area contributed by atoms with Gasteiger partial charge in [0.15, 0.2) is 6.10 Å². The molecule has 0 spiro atoms. The third-order valence-electron chi connectivity index (χ3n) is 5.73. The van der Waals surface area contributed by atoms with E-state index in [2.05, 4.69) is 21.2 Å². The van der Waals surface area contributed by atoms with Gasteiger partial charge in [0.25, 0.3) is 5.91 Å². The van der Waals surface area contributed by atoms with Crippen molar-refractivity contribution in [1.29, 1.82) is 0 Å². The molecule has 3 atom stereocenters. The highest BCUT2D eigenvalue weighted by atomic mass is 16.5. The van der Waals surface area contributed by atoms with Crippen molar-refractivity contribution in [3.05, 3.63) is 24.3 Å². The Balaban J connectivity index is 1.45. The van der Waals surface area contributed by atoms with E-state index in [0.29, 0.717) is 6.42 Å². The molecule has 0 bridgehead atoms. The number of aliphatic hydroxyl groups is 1. The summed E-state index contributed by atoms with van der Waals surface area (Å²) < 4.78 is 11.4. The molecule has 2 heterocycles. The van der Waals surface area contributed by atoms with Gasteiger partial charge < -0.3 is 24.8 Å². The van der Waals surface area contributed by atoms with E-state index in [1.54, 1.807) is 7.11 Å². The van der Waals surface area contributed by atoms with E-state index in [9.17, 15) is 9.90 Å². The number of methoxy groups -OCH3 is 1. The molecule has 0 aromatic heterocycles. The van der Waals surface area contributed by atoms with Crippen LogP contribution < -0.4 is 15.0 Å². The Labute approximate surface area is 174 Å². The molecule has 7 heteroatoms. The van der Waals surface area contributed by atoms with Gasteiger partial charge in [-0.3, -0.25) is 9.69 Å². The summed E-state index contributed by atoms with van der Waals surface area (Å²) in [6.07, 6.45) is 0.852. The van der Waals surface area contributed by atoms with Crippen molar-refractivity contribution in [1.82, 2.24) is 10.2 Å². The second-order valence-corrected chi connectivity index (χ2v) is 8.28. The van der Waals surface area contributed by atoms with E-state index < -0.39 is 12.2 Å². The summed E-state index contributed by atoms with van der Waals surface area (Å²) in [4.78, 5) is 17.1. The van der Waals surface area contributed by atoms with E-state index in [1.807, 2.05) is 32.0 Å². The molecule has 29 heavy (non-hydrogen) atoms. The summed E-state index contributed by atoms with van der Waals surface area (Å²) in [5, 5.41) is 13.0. The molecular weight excluding hydrogens is 370 g/mol. The molecule has 2 aliphatic heterocycles. The zero-order chi connectivity index (χ0) is 20.8. The SMILES string of the molecule is COc1ccccc1N1CCN(CC[C@@H]2CC[C@H](O)[C@@H](C(=O)NC(C)C)O2)CC1. The van der Waals surface area contributed by atoms with Crippen LogP contribution >= 0.6 is 0 Å². The fourth-order valence-electron chi connectivity index (χ4n) is 4.12. The summed E-state index contributed by atoms with van der Waals surface area (Å²) in [6.45, 7) is 8.67. The molecule has 1 aromatic carbocycles. The molecule has 1 aromatic rings. The smallest absolute Gasteiger partial charge is 0.252 e. The van der Waals surface area contributed by atoms with Crippen LogP contribution in [0.1, 0.15) is 33.1 Å². The van der Waals surface area contributed by atoms with Gasteiger partial charge in [-0.15, -0.1) is 0 Å². The summed E-state index contributed by atoms with van der Waals surface area (Å²) in [5.74, 6) is 0.712. The van der Waals surface area contributed by atoms with Crippen molar-refractivity contribution in [2.45, 2.75) is 57.5 Å².